The van der Waals surface area contributed by atoms with Crippen molar-refractivity contribution >= 4 is 5.97 Å². The Bertz CT molecular complexity index is 525. The fourth-order valence-electron chi connectivity index (χ4n) is 1.54. The normalized spacial score (nSPS) is 10.6. The maximum atomic E-state index is 10.7. The molecule has 2 heterocycles. The molecule has 5 heteroatoms. The van der Waals surface area contributed by atoms with E-state index in [2.05, 4.69) is 4.98 Å². The molecule has 2 aromatic heterocycles. The average Bonchev–Trinajstić information content (AvgIpc) is 2.76. The van der Waals surface area contributed by atoms with Crippen molar-refractivity contribution in [3.63, 3.8) is 0 Å². The van der Waals surface area contributed by atoms with Crippen molar-refractivity contribution in [3.8, 4) is 0 Å². The zero-order chi connectivity index (χ0) is 11.7. The largest absolute Gasteiger partial charge is 0.475 e. The quantitative estimate of drug-likeness (QED) is 0.856. The average molecular weight is 220 g/mol. The monoisotopic (exact) mass is 220 g/mol. The molecule has 0 bridgehead atoms. The molecule has 0 aromatic carbocycles. The van der Waals surface area contributed by atoms with Gasteiger partial charge in [0.15, 0.2) is 0 Å². The summed E-state index contributed by atoms with van der Waals surface area (Å²) >= 11 is 0. The topological polar surface area (TPSA) is 68.3 Å². The Labute approximate surface area is 92.3 Å². The number of carboxylic acid groups (broad SMARTS) is 1. The molecule has 0 aliphatic carbocycles. The summed E-state index contributed by atoms with van der Waals surface area (Å²) in [7, 11) is 0. The van der Waals surface area contributed by atoms with E-state index in [1.54, 1.807) is 19.2 Å². The number of furan rings is 1. The molecule has 84 valence electrons. The van der Waals surface area contributed by atoms with E-state index >= 15 is 0 Å². The SMILES string of the molecule is Cc1oc(C(=O)O)cc1Cn1ccnc1C. The first kappa shape index (κ1) is 10.5. The van der Waals surface area contributed by atoms with Gasteiger partial charge >= 0.3 is 5.97 Å². The van der Waals surface area contributed by atoms with E-state index < -0.39 is 5.97 Å². The van der Waals surface area contributed by atoms with E-state index in [4.69, 9.17) is 9.52 Å². The van der Waals surface area contributed by atoms with Crippen molar-refractivity contribution < 1.29 is 14.3 Å². The molecule has 0 fully saturated rings. The minimum atomic E-state index is -1.04. The number of imidazole rings is 1. The Hall–Kier alpha value is -2.04. The summed E-state index contributed by atoms with van der Waals surface area (Å²) in [6, 6.07) is 1.55. The van der Waals surface area contributed by atoms with Crippen molar-refractivity contribution in [2.75, 3.05) is 0 Å². The highest BCUT2D eigenvalue weighted by atomic mass is 16.4. The molecule has 0 aliphatic heterocycles. The number of rotatable bonds is 3. The molecule has 5 nitrogen and oxygen atoms in total. The summed E-state index contributed by atoms with van der Waals surface area (Å²) < 4.78 is 7.07. The molecule has 0 aliphatic rings. The minimum absolute atomic E-state index is 0.0229. The van der Waals surface area contributed by atoms with E-state index in [0.29, 0.717) is 12.3 Å². The lowest BCUT2D eigenvalue weighted by Gasteiger charge is -2.02. The number of aromatic carboxylic acids is 1. The third-order valence-electron chi connectivity index (χ3n) is 2.50. The summed E-state index contributed by atoms with van der Waals surface area (Å²) in [5, 5.41) is 8.79. The second-order valence-corrected chi connectivity index (χ2v) is 3.60. The van der Waals surface area contributed by atoms with Crippen molar-refractivity contribution in [1.82, 2.24) is 9.55 Å². The Morgan fingerprint density at radius 2 is 2.31 bits per heavy atom. The predicted octanol–water partition coefficient (Wildman–Crippen LogP) is 1.84. The Morgan fingerprint density at radius 1 is 1.56 bits per heavy atom. The van der Waals surface area contributed by atoms with Crippen molar-refractivity contribution in [3.05, 3.63) is 41.4 Å². The molecular weight excluding hydrogens is 208 g/mol. The van der Waals surface area contributed by atoms with Gasteiger partial charge in [0.25, 0.3) is 0 Å². The van der Waals surface area contributed by atoms with Gasteiger partial charge in [0.05, 0.1) is 6.54 Å². The molecule has 2 aromatic rings. The van der Waals surface area contributed by atoms with Gasteiger partial charge in [-0.1, -0.05) is 0 Å². The van der Waals surface area contributed by atoms with Crippen molar-refractivity contribution in [2.24, 2.45) is 0 Å². The van der Waals surface area contributed by atoms with E-state index in [9.17, 15) is 4.79 Å². The number of carboxylic acids is 1. The summed E-state index contributed by atoms with van der Waals surface area (Å²) in [6.07, 6.45) is 3.56. The van der Waals surface area contributed by atoms with E-state index in [0.717, 1.165) is 11.4 Å². The standard InChI is InChI=1S/C11H12N2O3/c1-7-9(5-10(16-7)11(14)15)6-13-4-3-12-8(13)2/h3-5H,6H2,1-2H3,(H,14,15). The summed E-state index contributed by atoms with van der Waals surface area (Å²) in [5.41, 5.74) is 0.860. The van der Waals surface area contributed by atoms with Crippen LogP contribution in [-0.2, 0) is 6.54 Å². The molecule has 0 atom stereocenters. The van der Waals surface area contributed by atoms with Crippen LogP contribution in [0.2, 0.25) is 0 Å². The molecule has 0 amide bonds. The van der Waals surface area contributed by atoms with E-state index in [1.165, 1.54) is 0 Å². The molecule has 2 rings (SSSR count). The van der Waals surface area contributed by atoms with E-state index in [-0.39, 0.29) is 5.76 Å². The second kappa shape index (κ2) is 3.84. The molecule has 0 spiro atoms. The van der Waals surface area contributed by atoms with Gasteiger partial charge in [0.2, 0.25) is 5.76 Å². The highest BCUT2D eigenvalue weighted by Crippen LogP contribution is 2.16. The van der Waals surface area contributed by atoms with Gasteiger partial charge in [-0.25, -0.2) is 9.78 Å². The van der Waals surface area contributed by atoms with Gasteiger partial charge in [-0.3, -0.25) is 0 Å². The van der Waals surface area contributed by atoms with Crippen LogP contribution in [0, 0.1) is 13.8 Å². The molecule has 0 radical (unpaired) electrons. The Morgan fingerprint density at radius 3 is 2.81 bits per heavy atom. The fraction of sp³-hybridized carbons (Fsp3) is 0.273. The first-order valence-electron chi connectivity index (χ1n) is 4.88. The number of carbonyl (C=O) groups is 1. The smallest absolute Gasteiger partial charge is 0.371 e. The molecule has 0 saturated carbocycles. The van der Waals surface area contributed by atoms with Crippen LogP contribution in [0.4, 0.5) is 0 Å². The lowest BCUT2D eigenvalue weighted by Crippen LogP contribution is -2.00. The first-order valence-corrected chi connectivity index (χ1v) is 4.88. The maximum Gasteiger partial charge on any atom is 0.371 e. The van der Waals surface area contributed by atoms with Gasteiger partial charge in [-0.15, -0.1) is 0 Å². The van der Waals surface area contributed by atoms with Crippen LogP contribution in [0.25, 0.3) is 0 Å². The van der Waals surface area contributed by atoms with Gasteiger partial charge in [-0.2, -0.15) is 0 Å². The molecule has 0 unspecified atom stereocenters. The van der Waals surface area contributed by atoms with Crippen LogP contribution in [0.3, 0.4) is 0 Å². The third kappa shape index (κ3) is 1.84. The van der Waals surface area contributed by atoms with Gasteiger partial charge in [0.1, 0.15) is 11.6 Å². The summed E-state index contributed by atoms with van der Waals surface area (Å²) in [5.74, 6) is 0.449. The van der Waals surface area contributed by atoms with Crippen molar-refractivity contribution in [2.45, 2.75) is 20.4 Å². The van der Waals surface area contributed by atoms with Gasteiger partial charge < -0.3 is 14.1 Å². The van der Waals surface area contributed by atoms with Crippen LogP contribution >= 0.6 is 0 Å². The summed E-state index contributed by atoms with van der Waals surface area (Å²) in [4.78, 5) is 14.8. The van der Waals surface area contributed by atoms with Crippen LogP contribution in [0.15, 0.2) is 22.9 Å². The predicted molar refractivity (Wildman–Crippen MR) is 56.5 cm³/mol. The van der Waals surface area contributed by atoms with Crippen LogP contribution in [0.5, 0.6) is 0 Å². The highest BCUT2D eigenvalue weighted by Gasteiger charge is 2.13. The molecule has 0 saturated heterocycles. The summed E-state index contributed by atoms with van der Waals surface area (Å²) in [6.45, 7) is 4.23. The van der Waals surface area contributed by atoms with Crippen molar-refractivity contribution in [1.29, 1.82) is 0 Å². The number of aryl methyl sites for hydroxylation is 2. The minimum Gasteiger partial charge on any atom is -0.475 e. The number of nitrogens with zero attached hydrogens (tertiary/aromatic N) is 2. The Kier molecular flexibility index (Phi) is 2.52. The second-order valence-electron chi connectivity index (χ2n) is 3.60. The number of hydrogen-bond donors (Lipinski definition) is 1. The third-order valence-corrected chi connectivity index (χ3v) is 2.50. The van der Waals surface area contributed by atoms with Crippen LogP contribution < -0.4 is 0 Å². The number of aromatic nitrogens is 2. The zero-order valence-corrected chi connectivity index (χ0v) is 9.10. The van der Waals surface area contributed by atoms with E-state index in [1.807, 2.05) is 17.7 Å². The lowest BCUT2D eigenvalue weighted by molar-refractivity contribution is 0.0661. The molecule has 16 heavy (non-hydrogen) atoms. The fourth-order valence-corrected chi connectivity index (χ4v) is 1.54. The van der Waals surface area contributed by atoms with Crippen LogP contribution in [0.1, 0.15) is 27.7 Å². The van der Waals surface area contributed by atoms with Crippen LogP contribution in [-0.4, -0.2) is 20.6 Å². The maximum absolute atomic E-state index is 10.7. The molecular formula is C11H12N2O3. The zero-order valence-electron chi connectivity index (χ0n) is 9.10. The van der Waals surface area contributed by atoms with Gasteiger partial charge in [0, 0.05) is 18.0 Å². The molecule has 1 N–H and O–H groups in total. The number of hydrogen-bond acceptors (Lipinski definition) is 3. The highest BCUT2D eigenvalue weighted by molar-refractivity contribution is 5.84. The first-order chi connectivity index (χ1) is 7.58. The Balaban J connectivity index is 2.28. The van der Waals surface area contributed by atoms with Gasteiger partial charge in [-0.05, 0) is 19.9 Å². The lowest BCUT2D eigenvalue weighted by atomic mass is 10.2.